The van der Waals surface area contributed by atoms with E-state index in [1.165, 1.54) is 24.2 Å². The van der Waals surface area contributed by atoms with E-state index in [1.54, 1.807) is 6.92 Å². The Morgan fingerprint density at radius 3 is 2.30 bits per heavy atom. The summed E-state index contributed by atoms with van der Waals surface area (Å²) in [4.78, 5) is 26.3. The van der Waals surface area contributed by atoms with Crippen LogP contribution in [0.1, 0.15) is 59.1 Å². The molecule has 20 heavy (non-hydrogen) atoms. The van der Waals surface area contributed by atoms with E-state index in [4.69, 9.17) is 11.5 Å². The third-order valence-electron chi connectivity index (χ3n) is 3.64. The number of carbonyl (C=O) groups excluding carboxylic acids is 2. The molecule has 0 radical (unpaired) electrons. The third-order valence-corrected chi connectivity index (χ3v) is 4.95. The standard InChI is InChI=1S/C14H21N3O2S/c1-2-9(18)12-11(15)10(13(16)19)14(20-12)17-7-5-3-4-6-8-17/h2-8,15H2,1H3,(H2,16,19). The van der Waals surface area contributed by atoms with Gasteiger partial charge < -0.3 is 16.4 Å². The molecule has 0 spiro atoms. The Labute approximate surface area is 122 Å². The van der Waals surface area contributed by atoms with Crippen molar-refractivity contribution in [3.05, 3.63) is 10.4 Å². The van der Waals surface area contributed by atoms with Crippen LogP contribution in [0.5, 0.6) is 0 Å². The number of ketones is 1. The molecule has 110 valence electrons. The average molecular weight is 295 g/mol. The molecule has 1 aliphatic heterocycles. The molecule has 6 heteroatoms. The molecule has 0 bridgehead atoms. The predicted molar refractivity (Wildman–Crippen MR) is 82.6 cm³/mol. The lowest BCUT2D eigenvalue weighted by molar-refractivity contribution is 0.0991. The number of primary amides is 1. The molecule has 1 aliphatic rings. The van der Waals surface area contributed by atoms with Crippen LogP contribution in [-0.2, 0) is 0 Å². The summed E-state index contributed by atoms with van der Waals surface area (Å²) in [6.45, 7) is 3.57. The number of rotatable bonds is 4. The number of hydrogen-bond acceptors (Lipinski definition) is 5. The van der Waals surface area contributed by atoms with E-state index in [9.17, 15) is 9.59 Å². The van der Waals surface area contributed by atoms with Crippen LogP contribution in [0, 0.1) is 0 Å². The second-order valence-electron chi connectivity index (χ2n) is 5.07. The first-order chi connectivity index (χ1) is 9.56. The lowest BCUT2D eigenvalue weighted by atomic mass is 10.1. The van der Waals surface area contributed by atoms with E-state index in [-0.39, 0.29) is 11.5 Å². The molecule has 0 atom stereocenters. The van der Waals surface area contributed by atoms with Gasteiger partial charge in [-0.05, 0) is 12.8 Å². The second kappa shape index (κ2) is 6.26. The number of nitrogens with two attached hydrogens (primary N) is 2. The normalized spacial score (nSPS) is 15.9. The van der Waals surface area contributed by atoms with Gasteiger partial charge in [0, 0.05) is 19.5 Å². The van der Waals surface area contributed by atoms with Crippen molar-refractivity contribution in [2.24, 2.45) is 5.73 Å². The van der Waals surface area contributed by atoms with E-state index in [0.717, 1.165) is 30.9 Å². The Hall–Kier alpha value is -1.56. The van der Waals surface area contributed by atoms with Crippen molar-refractivity contribution in [3.63, 3.8) is 0 Å². The van der Waals surface area contributed by atoms with Crippen LogP contribution < -0.4 is 16.4 Å². The number of amides is 1. The molecule has 0 saturated carbocycles. The highest BCUT2D eigenvalue weighted by Gasteiger charge is 2.26. The van der Waals surface area contributed by atoms with Crippen LogP contribution in [0.2, 0.25) is 0 Å². The fourth-order valence-corrected chi connectivity index (χ4v) is 3.82. The topological polar surface area (TPSA) is 89.4 Å². The highest BCUT2D eigenvalue weighted by molar-refractivity contribution is 7.19. The highest BCUT2D eigenvalue weighted by Crippen LogP contribution is 2.39. The van der Waals surface area contributed by atoms with Gasteiger partial charge in [-0.3, -0.25) is 9.59 Å². The van der Waals surface area contributed by atoms with Crippen LogP contribution in [0.3, 0.4) is 0 Å². The van der Waals surface area contributed by atoms with Crippen molar-refractivity contribution < 1.29 is 9.59 Å². The zero-order valence-corrected chi connectivity index (χ0v) is 12.6. The molecule has 1 amide bonds. The number of anilines is 2. The van der Waals surface area contributed by atoms with Gasteiger partial charge in [0.1, 0.15) is 5.00 Å². The second-order valence-corrected chi connectivity index (χ2v) is 6.07. The Balaban J connectivity index is 2.44. The number of hydrogen-bond donors (Lipinski definition) is 2. The molecule has 4 N–H and O–H groups in total. The number of nitrogen functional groups attached to an aromatic ring is 1. The molecule has 1 fully saturated rings. The van der Waals surface area contributed by atoms with Crippen molar-refractivity contribution >= 4 is 33.7 Å². The molecular weight excluding hydrogens is 274 g/mol. The summed E-state index contributed by atoms with van der Waals surface area (Å²) < 4.78 is 0. The van der Waals surface area contributed by atoms with Crippen molar-refractivity contribution in [1.82, 2.24) is 0 Å². The van der Waals surface area contributed by atoms with Crippen LogP contribution in [-0.4, -0.2) is 24.8 Å². The SMILES string of the molecule is CCC(=O)c1sc(N2CCCCCC2)c(C(N)=O)c1N. The molecule has 1 aromatic rings. The lowest BCUT2D eigenvalue weighted by Crippen LogP contribution is -2.26. The summed E-state index contributed by atoms with van der Waals surface area (Å²) in [5.41, 5.74) is 12.0. The minimum atomic E-state index is -0.548. The van der Waals surface area contributed by atoms with Crippen LogP contribution in [0.25, 0.3) is 0 Å². The number of Topliss-reactive ketones (excluding diaryl/α,β-unsaturated/α-hetero) is 1. The smallest absolute Gasteiger partial charge is 0.253 e. The highest BCUT2D eigenvalue weighted by atomic mass is 32.1. The van der Waals surface area contributed by atoms with Crippen LogP contribution >= 0.6 is 11.3 Å². The first-order valence-corrected chi connectivity index (χ1v) is 7.88. The van der Waals surface area contributed by atoms with Crippen LogP contribution in [0.4, 0.5) is 10.7 Å². The molecule has 2 heterocycles. The fourth-order valence-electron chi connectivity index (χ4n) is 2.53. The lowest BCUT2D eigenvalue weighted by Gasteiger charge is -2.21. The maximum atomic E-state index is 11.9. The third kappa shape index (κ3) is 2.80. The minimum absolute atomic E-state index is 0.0314. The van der Waals surface area contributed by atoms with E-state index in [2.05, 4.69) is 4.90 Å². The number of nitrogens with zero attached hydrogens (tertiary/aromatic N) is 1. The first kappa shape index (κ1) is 14.8. The van der Waals surface area contributed by atoms with Gasteiger partial charge in [0.05, 0.1) is 16.1 Å². The van der Waals surface area contributed by atoms with E-state index in [1.807, 2.05) is 0 Å². The summed E-state index contributed by atoms with van der Waals surface area (Å²) in [5.74, 6) is -0.579. The zero-order chi connectivity index (χ0) is 14.7. The molecule has 5 nitrogen and oxygen atoms in total. The van der Waals surface area contributed by atoms with Crippen molar-refractivity contribution in [2.75, 3.05) is 23.7 Å². The molecule has 2 rings (SSSR count). The summed E-state index contributed by atoms with van der Waals surface area (Å²) in [7, 11) is 0. The Morgan fingerprint density at radius 1 is 1.20 bits per heavy atom. The van der Waals surface area contributed by atoms with Gasteiger partial charge in [-0.2, -0.15) is 0 Å². The minimum Gasteiger partial charge on any atom is -0.397 e. The molecule has 0 unspecified atom stereocenters. The predicted octanol–water partition coefficient (Wildman–Crippen LogP) is 2.40. The zero-order valence-electron chi connectivity index (χ0n) is 11.8. The van der Waals surface area contributed by atoms with Crippen molar-refractivity contribution in [1.29, 1.82) is 0 Å². The van der Waals surface area contributed by atoms with E-state index < -0.39 is 5.91 Å². The maximum absolute atomic E-state index is 11.9. The van der Waals surface area contributed by atoms with Gasteiger partial charge >= 0.3 is 0 Å². The first-order valence-electron chi connectivity index (χ1n) is 7.06. The Kier molecular flexibility index (Phi) is 4.65. The summed E-state index contributed by atoms with van der Waals surface area (Å²) in [6.07, 6.45) is 4.95. The quantitative estimate of drug-likeness (QED) is 0.835. The Bertz CT molecular complexity index is 517. The van der Waals surface area contributed by atoms with E-state index >= 15 is 0 Å². The molecule has 1 aromatic heterocycles. The number of carbonyl (C=O) groups is 2. The number of thiophene rings is 1. The van der Waals surface area contributed by atoms with Gasteiger partial charge in [-0.15, -0.1) is 11.3 Å². The average Bonchev–Trinajstić information content (AvgIpc) is 2.62. The molecule has 0 aromatic carbocycles. The van der Waals surface area contributed by atoms with Crippen molar-refractivity contribution in [2.45, 2.75) is 39.0 Å². The largest absolute Gasteiger partial charge is 0.397 e. The molecule has 0 aliphatic carbocycles. The van der Waals surface area contributed by atoms with Gasteiger partial charge in [0.15, 0.2) is 5.78 Å². The van der Waals surface area contributed by atoms with Crippen LogP contribution in [0.15, 0.2) is 0 Å². The van der Waals surface area contributed by atoms with Gasteiger partial charge in [-0.1, -0.05) is 19.8 Å². The van der Waals surface area contributed by atoms with Gasteiger partial charge in [0.25, 0.3) is 5.91 Å². The molecular formula is C14H21N3O2S. The van der Waals surface area contributed by atoms with Gasteiger partial charge in [0.2, 0.25) is 0 Å². The maximum Gasteiger partial charge on any atom is 0.253 e. The van der Waals surface area contributed by atoms with Crippen molar-refractivity contribution in [3.8, 4) is 0 Å². The summed E-state index contributed by atoms with van der Waals surface area (Å²) in [6, 6.07) is 0. The van der Waals surface area contributed by atoms with Gasteiger partial charge in [-0.25, -0.2) is 0 Å². The summed E-state index contributed by atoms with van der Waals surface area (Å²) in [5, 5.41) is 0.772. The molecule has 1 saturated heterocycles. The fraction of sp³-hybridized carbons (Fsp3) is 0.571. The monoisotopic (exact) mass is 295 g/mol. The summed E-state index contributed by atoms with van der Waals surface area (Å²) >= 11 is 1.31. The van der Waals surface area contributed by atoms with E-state index in [0.29, 0.717) is 16.9 Å². The Morgan fingerprint density at radius 2 is 1.80 bits per heavy atom.